The number of nitrogens with two attached hydrogens (primary N) is 1. The largest absolute Gasteiger partial charge is 0.366 e. The van der Waals surface area contributed by atoms with Gasteiger partial charge in [-0.3, -0.25) is 4.79 Å². The van der Waals surface area contributed by atoms with Gasteiger partial charge in [0.1, 0.15) is 0 Å². The lowest BCUT2D eigenvalue weighted by Gasteiger charge is -2.18. The van der Waals surface area contributed by atoms with Crippen LogP contribution in [0.2, 0.25) is 0 Å². The van der Waals surface area contributed by atoms with Crippen LogP contribution in [-0.4, -0.2) is 5.91 Å². The van der Waals surface area contributed by atoms with Gasteiger partial charge in [0.25, 0.3) is 0 Å². The fraction of sp³-hybridized carbons (Fsp3) is 0.278. The molecule has 2 aromatic carbocycles. The molecule has 0 saturated carbocycles. The lowest BCUT2D eigenvalue weighted by Crippen LogP contribution is -2.20. The first-order chi connectivity index (χ1) is 10.1. The van der Waals surface area contributed by atoms with E-state index < -0.39 is 0 Å². The summed E-state index contributed by atoms with van der Waals surface area (Å²) in [7, 11) is 0. The van der Waals surface area contributed by atoms with E-state index >= 15 is 0 Å². The third-order valence-electron chi connectivity index (χ3n) is 3.68. The lowest BCUT2D eigenvalue weighted by atomic mass is 10.0. The van der Waals surface area contributed by atoms with Crippen molar-refractivity contribution in [1.29, 1.82) is 0 Å². The van der Waals surface area contributed by atoms with Crippen LogP contribution in [0, 0.1) is 6.92 Å². The van der Waals surface area contributed by atoms with Crippen LogP contribution in [0.1, 0.15) is 46.4 Å². The first-order valence-electron chi connectivity index (χ1n) is 7.29. The molecule has 0 aliphatic carbocycles. The number of aryl methyl sites for hydroxylation is 1. The number of carbonyl (C=O) groups excluding carboxylic acids is 1. The van der Waals surface area contributed by atoms with Gasteiger partial charge < -0.3 is 11.1 Å². The Balaban J connectivity index is 1.99. The second-order valence-corrected chi connectivity index (χ2v) is 5.31. The molecule has 0 fully saturated rings. The van der Waals surface area contributed by atoms with Gasteiger partial charge in [-0.15, -0.1) is 0 Å². The normalized spacial score (nSPS) is 12.1. The van der Waals surface area contributed by atoms with Crippen molar-refractivity contribution in [3.8, 4) is 0 Å². The third kappa shape index (κ3) is 4.17. The van der Waals surface area contributed by atoms with Gasteiger partial charge in [-0.05, 0) is 36.6 Å². The standard InChI is InChI=1S/C18H22N2O/c1-3-17(15-8-4-13(2)5-9-15)20-12-14-6-10-16(11-7-14)18(19)21/h4-11,17,20H,3,12H2,1-2H3,(H2,19,21). The van der Waals surface area contributed by atoms with Crippen molar-refractivity contribution < 1.29 is 4.79 Å². The van der Waals surface area contributed by atoms with Crippen LogP contribution in [0.3, 0.4) is 0 Å². The van der Waals surface area contributed by atoms with E-state index in [1.54, 1.807) is 12.1 Å². The highest BCUT2D eigenvalue weighted by Gasteiger charge is 2.08. The lowest BCUT2D eigenvalue weighted by molar-refractivity contribution is 0.100. The highest BCUT2D eigenvalue weighted by Crippen LogP contribution is 2.18. The van der Waals surface area contributed by atoms with E-state index in [4.69, 9.17) is 5.73 Å². The quantitative estimate of drug-likeness (QED) is 0.853. The molecule has 1 amide bonds. The Bertz CT molecular complexity index is 588. The molecule has 0 heterocycles. The molecule has 110 valence electrons. The Labute approximate surface area is 126 Å². The minimum Gasteiger partial charge on any atom is -0.366 e. The first-order valence-corrected chi connectivity index (χ1v) is 7.29. The second-order valence-electron chi connectivity index (χ2n) is 5.31. The topological polar surface area (TPSA) is 55.1 Å². The minimum atomic E-state index is -0.388. The van der Waals surface area contributed by atoms with Gasteiger partial charge in [-0.25, -0.2) is 0 Å². The maximum atomic E-state index is 11.0. The molecule has 3 nitrogen and oxygen atoms in total. The van der Waals surface area contributed by atoms with E-state index in [2.05, 4.69) is 43.4 Å². The van der Waals surface area contributed by atoms with Gasteiger partial charge in [0, 0.05) is 18.2 Å². The van der Waals surface area contributed by atoms with Crippen molar-refractivity contribution in [1.82, 2.24) is 5.32 Å². The molecule has 0 spiro atoms. The summed E-state index contributed by atoms with van der Waals surface area (Å²) < 4.78 is 0. The zero-order valence-electron chi connectivity index (χ0n) is 12.6. The molecule has 21 heavy (non-hydrogen) atoms. The number of carbonyl (C=O) groups is 1. The minimum absolute atomic E-state index is 0.335. The predicted octanol–water partition coefficient (Wildman–Crippen LogP) is 3.33. The molecule has 1 atom stereocenters. The zero-order chi connectivity index (χ0) is 15.2. The number of primary amides is 1. The van der Waals surface area contributed by atoms with Crippen molar-refractivity contribution >= 4 is 5.91 Å². The van der Waals surface area contributed by atoms with Crippen LogP contribution in [-0.2, 0) is 6.54 Å². The van der Waals surface area contributed by atoms with Crippen molar-refractivity contribution in [3.05, 3.63) is 70.8 Å². The number of amides is 1. The summed E-state index contributed by atoms with van der Waals surface area (Å²) in [6, 6.07) is 16.4. The number of hydrogen-bond donors (Lipinski definition) is 2. The molecule has 0 saturated heterocycles. The van der Waals surface area contributed by atoms with Crippen LogP contribution in [0.4, 0.5) is 0 Å². The van der Waals surface area contributed by atoms with E-state index in [0.29, 0.717) is 11.6 Å². The van der Waals surface area contributed by atoms with Crippen LogP contribution in [0.15, 0.2) is 48.5 Å². The molecular weight excluding hydrogens is 260 g/mol. The van der Waals surface area contributed by atoms with Crippen LogP contribution in [0.25, 0.3) is 0 Å². The van der Waals surface area contributed by atoms with E-state index in [1.165, 1.54) is 11.1 Å². The van der Waals surface area contributed by atoms with Crippen LogP contribution in [0.5, 0.6) is 0 Å². The SMILES string of the molecule is CCC(NCc1ccc(C(N)=O)cc1)c1ccc(C)cc1. The Morgan fingerprint density at radius 3 is 2.24 bits per heavy atom. The number of nitrogens with one attached hydrogen (secondary N) is 1. The molecule has 0 aliphatic rings. The first kappa shape index (κ1) is 15.3. The van der Waals surface area contributed by atoms with Gasteiger partial charge in [-0.1, -0.05) is 48.9 Å². The average Bonchev–Trinajstić information content (AvgIpc) is 2.50. The molecular formula is C18H22N2O. The fourth-order valence-corrected chi connectivity index (χ4v) is 2.32. The summed E-state index contributed by atoms with van der Waals surface area (Å²) in [5.74, 6) is -0.388. The summed E-state index contributed by atoms with van der Waals surface area (Å²) in [5, 5.41) is 3.55. The summed E-state index contributed by atoms with van der Waals surface area (Å²) in [5.41, 5.74) is 9.51. The monoisotopic (exact) mass is 282 g/mol. The molecule has 0 aromatic heterocycles. The van der Waals surface area contributed by atoms with Gasteiger partial charge in [0.15, 0.2) is 0 Å². The molecule has 0 aliphatic heterocycles. The van der Waals surface area contributed by atoms with Gasteiger partial charge in [0.2, 0.25) is 5.91 Å². The Kier molecular flexibility index (Phi) is 5.12. The summed E-state index contributed by atoms with van der Waals surface area (Å²) in [6.07, 6.45) is 1.03. The summed E-state index contributed by atoms with van der Waals surface area (Å²) in [4.78, 5) is 11.0. The Hall–Kier alpha value is -2.13. The molecule has 3 N–H and O–H groups in total. The maximum Gasteiger partial charge on any atom is 0.248 e. The second kappa shape index (κ2) is 7.04. The number of benzene rings is 2. The zero-order valence-corrected chi connectivity index (χ0v) is 12.6. The summed E-state index contributed by atoms with van der Waals surface area (Å²) in [6.45, 7) is 5.04. The average molecular weight is 282 g/mol. The molecule has 2 rings (SSSR count). The molecule has 1 unspecified atom stereocenters. The molecule has 0 radical (unpaired) electrons. The van der Waals surface area contributed by atoms with Gasteiger partial charge in [0.05, 0.1) is 0 Å². The third-order valence-corrected chi connectivity index (χ3v) is 3.68. The maximum absolute atomic E-state index is 11.0. The van der Waals surface area contributed by atoms with Gasteiger partial charge >= 0.3 is 0 Å². The number of hydrogen-bond acceptors (Lipinski definition) is 2. The van der Waals surface area contributed by atoms with Crippen molar-refractivity contribution in [2.24, 2.45) is 5.73 Å². The van der Waals surface area contributed by atoms with Crippen LogP contribution >= 0.6 is 0 Å². The number of rotatable bonds is 6. The molecule has 0 bridgehead atoms. The molecule has 2 aromatic rings. The predicted molar refractivity (Wildman–Crippen MR) is 86.0 cm³/mol. The van der Waals surface area contributed by atoms with E-state index in [0.717, 1.165) is 18.5 Å². The van der Waals surface area contributed by atoms with E-state index in [-0.39, 0.29) is 5.91 Å². The molecule has 3 heteroatoms. The van der Waals surface area contributed by atoms with E-state index in [1.807, 2.05) is 12.1 Å². The highest BCUT2D eigenvalue weighted by atomic mass is 16.1. The van der Waals surface area contributed by atoms with Crippen molar-refractivity contribution in [2.45, 2.75) is 32.9 Å². The Morgan fingerprint density at radius 1 is 1.10 bits per heavy atom. The van der Waals surface area contributed by atoms with Crippen LogP contribution < -0.4 is 11.1 Å². The van der Waals surface area contributed by atoms with Crippen molar-refractivity contribution in [2.75, 3.05) is 0 Å². The van der Waals surface area contributed by atoms with Crippen molar-refractivity contribution in [3.63, 3.8) is 0 Å². The van der Waals surface area contributed by atoms with Gasteiger partial charge in [-0.2, -0.15) is 0 Å². The fourth-order valence-electron chi connectivity index (χ4n) is 2.32. The van der Waals surface area contributed by atoms with E-state index in [9.17, 15) is 4.79 Å². The Morgan fingerprint density at radius 2 is 1.71 bits per heavy atom. The summed E-state index contributed by atoms with van der Waals surface area (Å²) >= 11 is 0. The smallest absolute Gasteiger partial charge is 0.248 e. The highest BCUT2D eigenvalue weighted by molar-refractivity contribution is 5.92.